The molecule has 2 heterocycles. The summed E-state index contributed by atoms with van der Waals surface area (Å²) in [5, 5.41) is 14.9. The average Bonchev–Trinajstić information content (AvgIpc) is 3.61. The molecule has 244 valence electrons. The highest BCUT2D eigenvalue weighted by atomic mass is 35.5. The van der Waals surface area contributed by atoms with Gasteiger partial charge in [-0.05, 0) is 119 Å². The van der Waals surface area contributed by atoms with Crippen LogP contribution in [0.1, 0.15) is 93.8 Å². The predicted molar refractivity (Wildman–Crippen MR) is 179 cm³/mol. The van der Waals surface area contributed by atoms with E-state index in [9.17, 15) is 14.3 Å². The first-order valence-electron chi connectivity index (χ1n) is 15.6. The molecule has 1 saturated carbocycles. The Bertz CT molecular complexity index is 1230. The molecule has 1 aromatic carbocycles. The molecule has 0 radical (unpaired) electrons. The van der Waals surface area contributed by atoms with Crippen LogP contribution in [0.5, 0.6) is 0 Å². The number of carbonyl (C=O) groups is 1. The minimum absolute atomic E-state index is 0. The molecule has 6 nitrogen and oxygen atoms in total. The molecule has 2 aliphatic carbocycles. The maximum atomic E-state index is 14.7. The molecule has 4 atom stereocenters. The molecule has 2 aromatic rings. The third-order valence-electron chi connectivity index (χ3n) is 10.6. The Morgan fingerprint density at radius 1 is 1.14 bits per heavy atom. The van der Waals surface area contributed by atoms with E-state index in [4.69, 9.17) is 5.10 Å². The van der Waals surface area contributed by atoms with E-state index in [1.165, 1.54) is 36.2 Å². The van der Waals surface area contributed by atoms with Gasteiger partial charge in [-0.1, -0.05) is 32.9 Å². The number of aliphatic carboxylic acids is 1. The van der Waals surface area contributed by atoms with Crippen LogP contribution in [0.4, 0.5) is 4.39 Å². The van der Waals surface area contributed by atoms with Crippen LogP contribution in [-0.4, -0.2) is 69.4 Å². The zero-order valence-electron chi connectivity index (χ0n) is 26.6. The van der Waals surface area contributed by atoms with E-state index in [1.54, 1.807) is 6.07 Å². The normalized spacial score (nSPS) is 23.5. The SMILES string of the molecule is CCc1nn(CC)c2c1CCC21CCN(CC2CC(N(C)[C@@H](C(=O)O)C(C)C)C[C@@H]2c2ccc(C)c(F)c2)CC1.Cl.Cl.Cl. The number of fused-ring (bicyclic) bond motifs is 2. The van der Waals surface area contributed by atoms with Gasteiger partial charge in [0, 0.05) is 30.2 Å². The molecule has 1 spiro atoms. The van der Waals surface area contributed by atoms with E-state index in [1.807, 2.05) is 33.9 Å². The predicted octanol–water partition coefficient (Wildman–Crippen LogP) is 7.06. The number of likely N-dealkylation sites (N-methyl/N-ethyl adjacent to an activating group) is 1. The van der Waals surface area contributed by atoms with Gasteiger partial charge >= 0.3 is 5.97 Å². The molecule has 0 bridgehead atoms. The fourth-order valence-corrected chi connectivity index (χ4v) is 8.42. The van der Waals surface area contributed by atoms with Crippen LogP contribution in [0.15, 0.2) is 18.2 Å². The molecular formula is C33H52Cl3FN4O2. The highest BCUT2D eigenvalue weighted by Gasteiger charge is 2.46. The molecule has 2 fully saturated rings. The lowest BCUT2D eigenvalue weighted by molar-refractivity contribution is -0.145. The highest BCUT2D eigenvalue weighted by molar-refractivity contribution is 5.86. The first-order chi connectivity index (χ1) is 19.1. The number of piperidine rings is 1. The largest absolute Gasteiger partial charge is 0.480 e. The van der Waals surface area contributed by atoms with Crippen LogP contribution >= 0.6 is 37.2 Å². The fourth-order valence-electron chi connectivity index (χ4n) is 8.42. The van der Waals surface area contributed by atoms with Gasteiger partial charge in [-0.3, -0.25) is 14.4 Å². The smallest absolute Gasteiger partial charge is 0.321 e. The first kappa shape index (κ1) is 37.8. The Kier molecular flexibility index (Phi) is 13.4. The molecule has 0 amide bonds. The standard InChI is InChI=1S/C33H49FN4O2.3ClH/c1-7-29-26-11-12-33(31(26)38(8-2)35-29)13-15-37(16-14-33)20-24-17-25(36(6)30(21(3)4)32(39)40)19-27(24)23-10-9-22(5)28(34)18-23;;;/h9-10,18,21,24-25,27,30H,7-8,11-17,19-20H2,1-6H3,(H,39,40);3*1H/t24?,25?,27-,30-;;;/m1.../s1. The van der Waals surface area contributed by atoms with Gasteiger partial charge in [0.05, 0.1) is 5.69 Å². The molecule has 3 aliphatic rings. The molecule has 2 unspecified atom stereocenters. The number of aromatic nitrogens is 2. The molecule has 1 aliphatic heterocycles. The summed E-state index contributed by atoms with van der Waals surface area (Å²) in [6, 6.07) is 5.38. The maximum Gasteiger partial charge on any atom is 0.321 e. The summed E-state index contributed by atoms with van der Waals surface area (Å²) in [4.78, 5) is 16.9. The summed E-state index contributed by atoms with van der Waals surface area (Å²) in [6.07, 6.45) is 7.57. The van der Waals surface area contributed by atoms with Crippen LogP contribution in [0.3, 0.4) is 0 Å². The van der Waals surface area contributed by atoms with Gasteiger partial charge < -0.3 is 10.0 Å². The molecule has 43 heavy (non-hydrogen) atoms. The second kappa shape index (κ2) is 15.3. The lowest BCUT2D eigenvalue weighted by Gasteiger charge is -2.41. The number of likely N-dealkylation sites (tertiary alicyclic amines) is 1. The lowest BCUT2D eigenvalue weighted by atomic mass is 9.75. The Morgan fingerprint density at radius 2 is 1.81 bits per heavy atom. The average molecular weight is 662 g/mol. The van der Waals surface area contributed by atoms with Crippen LogP contribution in [-0.2, 0) is 29.6 Å². The zero-order valence-corrected chi connectivity index (χ0v) is 29.1. The molecule has 1 N–H and O–H groups in total. The summed E-state index contributed by atoms with van der Waals surface area (Å²) in [6.45, 7) is 14.3. The van der Waals surface area contributed by atoms with Gasteiger partial charge in [-0.2, -0.15) is 5.10 Å². The number of hydrogen-bond donors (Lipinski definition) is 1. The van der Waals surface area contributed by atoms with Crippen molar-refractivity contribution in [3.63, 3.8) is 0 Å². The van der Waals surface area contributed by atoms with Crippen molar-refractivity contribution < 1.29 is 14.3 Å². The number of aryl methyl sites for hydroxylation is 3. The van der Waals surface area contributed by atoms with Crippen LogP contribution in [0.2, 0.25) is 0 Å². The van der Waals surface area contributed by atoms with Crippen molar-refractivity contribution in [3.05, 3.63) is 52.1 Å². The van der Waals surface area contributed by atoms with Crippen LogP contribution < -0.4 is 0 Å². The van der Waals surface area contributed by atoms with Crippen molar-refractivity contribution in [2.24, 2.45) is 11.8 Å². The van der Waals surface area contributed by atoms with E-state index in [2.05, 4.69) is 34.4 Å². The maximum absolute atomic E-state index is 14.7. The molecule has 10 heteroatoms. The molecule has 1 aromatic heterocycles. The number of carboxylic acids is 1. The van der Waals surface area contributed by atoms with Crippen molar-refractivity contribution in [2.75, 3.05) is 26.7 Å². The Hall–Kier alpha value is -1.38. The Labute approximate surface area is 276 Å². The summed E-state index contributed by atoms with van der Waals surface area (Å²) in [7, 11) is 1.97. The quantitative estimate of drug-likeness (QED) is 0.312. The number of hydrogen-bond acceptors (Lipinski definition) is 4. The summed E-state index contributed by atoms with van der Waals surface area (Å²) in [5.74, 6) is -0.275. The second-order valence-electron chi connectivity index (χ2n) is 13.2. The monoisotopic (exact) mass is 660 g/mol. The summed E-state index contributed by atoms with van der Waals surface area (Å²) < 4.78 is 17.0. The van der Waals surface area contributed by atoms with Crippen molar-refractivity contribution in [2.45, 2.75) is 110 Å². The zero-order chi connectivity index (χ0) is 28.8. The third-order valence-corrected chi connectivity index (χ3v) is 10.6. The van der Waals surface area contributed by atoms with Gasteiger partial charge in [0.2, 0.25) is 0 Å². The second-order valence-corrected chi connectivity index (χ2v) is 13.2. The van der Waals surface area contributed by atoms with Crippen molar-refractivity contribution in [1.82, 2.24) is 19.6 Å². The number of rotatable bonds is 9. The van der Waals surface area contributed by atoms with Gasteiger partial charge in [0.1, 0.15) is 11.9 Å². The van der Waals surface area contributed by atoms with E-state index in [-0.39, 0.29) is 66.3 Å². The van der Waals surface area contributed by atoms with Crippen LogP contribution in [0, 0.1) is 24.6 Å². The summed E-state index contributed by atoms with van der Waals surface area (Å²) in [5.41, 5.74) is 6.34. The number of nitrogens with zero attached hydrogens (tertiary/aromatic N) is 4. The molecule has 5 rings (SSSR count). The Morgan fingerprint density at radius 3 is 2.37 bits per heavy atom. The van der Waals surface area contributed by atoms with E-state index < -0.39 is 12.0 Å². The van der Waals surface area contributed by atoms with Gasteiger partial charge in [0.25, 0.3) is 0 Å². The summed E-state index contributed by atoms with van der Waals surface area (Å²) >= 11 is 0. The molecular weight excluding hydrogens is 610 g/mol. The van der Waals surface area contributed by atoms with Crippen LogP contribution in [0.25, 0.3) is 0 Å². The number of halogens is 4. The van der Waals surface area contributed by atoms with E-state index >= 15 is 0 Å². The van der Waals surface area contributed by atoms with Crippen molar-refractivity contribution in [3.8, 4) is 0 Å². The van der Waals surface area contributed by atoms with Crippen molar-refractivity contribution >= 4 is 43.2 Å². The lowest BCUT2D eigenvalue weighted by Crippen LogP contribution is -2.47. The fraction of sp³-hybridized carbons (Fsp3) is 0.697. The Balaban J connectivity index is 0.00000215. The highest BCUT2D eigenvalue weighted by Crippen LogP contribution is 2.49. The number of carboxylic acid groups (broad SMARTS) is 1. The van der Waals surface area contributed by atoms with Gasteiger partial charge in [0.15, 0.2) is 0 Å². The minimum Gasteiger partial charge on any atom is -0.480 e. The van der Waals surface area contributed by atoms with E-state index in [0.717, 1.165) is 57.4 Å². The van der Waals surface area contributed by atoms with Gasteiger partial charge in [-0.15, -0.1) is 37.2 Å². The minimum atomic E-state index is -0.756. The third kappa shape index (κ3) is 7.22. The topological polar surface area (TPSA) is 61.6 Å². The first-order valence-corrected chi connectivity index (χ1v) is 15.6. The number of benzene rings is 1. The molecule has 1 saturated heterocycles. The van der Waals surface area contributed by atoms with Crippen molar-refractivity contribution in [1.29, 1.82) is 0 Å². The van der Waals surface area contributed by atoms with Gasteiger partial charge in [-0.25, -0.2) is 4.39 Å². The van der Waals surface area contributed by atoms with E-state index in [0.29, 0.717) is 11.5 Å².